The Labute approximate surface area is 134 Å². The molecule has 0 atom stereocenters. The van der Waals surface area contributed by atoms with Gasteiger partial charge in [0.2, 0.25) is 0 Å². The van der Waals surface area contributed by atoms with E-state index in [0.717, 1.165) is 25.8 Å². The SMILES string of the molecule is CC(=O)CCc1ccccc1.NCCCCc1ccccc1. The van der Waals surface area contributed by atoms with Gasteiger partial charge in [0.05, 0.1) is 0 Å². The number of carbonyl (C=O) groups is 1. The van der Waals surface area contributed by atoms with Crippen LogP contribution in [0.3, 0.4) is 0 Å². The molecule has 2 heteroatoms. The maximum atomic E-state index is 10.6. The predicted octanol–water partition coefficient (Wildman–Crippen LogP) is 4.18. The molecule has 118 valence electrons. The monoisotopic (exact) mass is 297 g/mol. The van der Waals surface area contributed by atoms with Gasteiger partial charge in [0.15, 0.2) is 0 Å². The molecule has 0 unspecified atom stereocenters. The van der Waals surface area contributed by atoms with Crippen LogP contribution in [-0.2, 0) is 17.6 Å². The molecule has 0 aromatic heterocycles. The Kier molecular flexibility index (Phi) is 9.64. The topological polar surface area (TPSA) is 43.1 Å². The first-order valence-corrected chi connectivity index (χ1v) is 7.99. The highest BCUT2D eigenvalue weighted by molar-refractivity contribution is 5.75. The van der Waals surface area contributed by atoms with Gasteiger partial charge in [0.1, 0.15) is 5.78 Å². The highest BCUT2D eigenvalue weighted by Gasteiger charge is 1.94. The number of hydrogen-bond acceptors (Lipinski definition) is 2. The van der Waals surface area contributed by atoms with E-state index in [1.54, 1.807) is 6.92 Å². The molecule has 2 aromatic carbocycles. The largest absolute Gasteiger partial charge is 0.330 e. The summed E-state index contributed by atoms with van der Waals surface area (Å²) in [5.74, 6) is 0.258. The number of Topliss-reactive ketones (excluding diaryl/α,β-unsaturated/α-hetero) is 1. The first-order valence-electron chi connectivity index (χ1n) is 7.99. The van der Waals surface area contributed by atoms with Gasteiger partial charge in [-0.2, -0.15) is 0 Å². The summed E-state index contributed by atoms with van der Waals surface area (Å²) in [5.41, 5.74) is 8.05. The Hall–Kier alpha value is -1.93. The smallest absolute Gasteiger partial charge is 0.130 e. The van der Waals surface area contributed by atoms with Gasteiger partial charge in [-0.05, 0) is 50.3 Å². The minimum atomic E-state index is 0.258. The molecule has 2 rings (SSSR count). The molecule has 0 aliphatic heterocycles. The van der Waals surface area contributed by atoms with Gasteiger partial charge in [0, 0.05) is 6.42 Å². The summed E-state index contributed by atoms with van der Waals surface area (Å²) in [4.78, 5) is 10.6. The standard InChI is InChI=1S/C10H15N.C10H12O/c11-9-5-4-8-10-6-2-1-3-7-10;1-9(11)7-8-10-5-3-2-4-6-10/h1-3,6-7H,4-5,8-9,11H2;2-6H,7-8H2,1H3. The fraction of sp³-hybridized carbons (Fsp3) is 0.350. The third-order valence-corrected chi connectivity index (χ3v) is 3.37. The molecule has 0 amide bonds. The Morgan fingerprint density at radius 2 is 1.32 bits per heavy atom. The van der Waals surface area contributed by atoms with Crippen LogP contribution in [0.4, 0.5) is 0 Å². The summed E-state index contributed by atoms with van der Waals surface area (Å²) in [6, 6.07) is 20.6. The molecular weight excluding hydrogens is 270 g/mol. The van der Waals surface area contributed by atoms with Crippen LogP contribution in [0.1, 0.15) is 37.3 Å². The van der Waals surface area contributed by atoms with E-state index in [1.165, 1.54) is 17.5 Å². The van der Waals surface area contributed by atoms with Crippen molar-refractivity contribution >= 4 is 5.78 Å². The summed E-state index contributed by atoms with van der Waals surface area (Å²) < 4.78 is 0. The van der Waals surface area contributed by atoms with Crippen molar-refractivity contribution in [2.75, 3.05) is 6.54 Å². The van der Waals surface area contributed by atoms with E-state index in [0.29, 0.717) is 6.42 Å². The fourth-order valence-electron chi connectivity index (χ4n) is 2.08. The summed E-state index contributed by atoms with van der Waals surface area (Å²) in [5, 5.41) is 0. The van der Waals surface area contributed by atoms with Crippen molar-refractivity contribution in [3.8, 4) is 0 Å². The zero-order valence-electron chi connectivity index (χ0n) is 13.5. The Bertz CT molecular complexity index is 508. The quantitative estimate of drug-likeness (QED) is 0.779. The zero-order valence-corrected chi connectivity index (χ0v) is 13.5. The molecule has 0 spiro atoms. The van der Waals surface area contributed by atoms with Crippen molar-refractivity contribution in [3.63, 3.8) is 0 Å². The van der Waals surface area contributed by atoms with Crippen molar-refractivity contribution in [2.24, 2.45) is 5.73 Å². The second-order valence-corrected chi connectivity index (χ2v) is 5.42. The second kappa shape index (κ2) is 11.7. The summed E-state index contributed by atoms with van der Waals surface area (Å²) in [7, 11) is 0. The van der Waals surface area contributed by atoms with Gasteiger partial charge >= 0.3 is 0 Å². The molecule has 0 saturated carbocycles. The lowest BCUT2D eigenvalue weighted by Crippen LogP contribution is -1.98. The minimum absolute atomic E-state index is 0.258. The predicted molar refractivity (Wildman–Crippen MR) is 93.9 cm³/mol. The first-order chi connectivity index (χ1) is 10.7. The molecular formula is C20H27NO. The van der Waals surface area contributed by atoms with E-state index in [9.17, 15) is 4.79 Å². The van der Waals surface area contributed by atoms with Crippen LogP contribution in [0, 0.1) is 0 Å². The number of aryl methyl sites for hydroxylation is 2. The third-order valence-electron chi connectivity index (χ3n) is 3.37. The van der Waals surface area contributed by atoms with E-state index in [2.05, 4.69) is 24.3 Å². The van der Waals surface area contributed by atoms with E-state index in [-0.39, 0.29) is 5.78 Å². The average molecular weight is 297 g/mol. The fourth-order valence-corrected chi connectivity index (χ4v) is 2.08. The van der Waals surface area contributed by atoms with Gasteiger partial charge in [-0.1, -0.05) is 60.7 Å². The number of hydrogen-bond donors (Lipinski definition) is 1. The summed E-state index contributed by atoms with van der Waals surface area (Å²) in [6.45, 7) is 2.44. The van der Waals surface area contributed by atoms with Gasteiger partial charge in [-0.25, -0.2) is 0 Å². The molecule has 22 heavy (non-hydrogen) atoms. The zero-order chi connectivity index (χ0) is 16.0. The number of carbonyl (C=O) groups excluding carboxylic acids is 1. The lowest BCUT2D eigenvalue weighted by atomic mass is 10.1. The van der Waals surface area contributed by atoms with Crippen LogP contribution in [-0.4, -0.2) is 12.3 Å². The van der Waals surface area contributed by atoms with Crippen molar-refractivity contribution in [1.29, 1.82) is 0 Å². The number of rotatable bonds is 7. The van der Waals surface area contributed by atoms with E-state index >= 15 is 0 Å². The lowest BCUT2D eigenvalue weighted by Gasteiger charge is -1.98. The molecule has 0 saturated heterocycles. The number of benzene rings is 2. The van der Waals surface area contributed by atoms with E-state index < -0.39 is 0 Å². The summed E-state index contributed by atoms with van der Waals surface area (Å²) in [6.07, 6.45) is 5.04. The van der Waals surface area contributed by atoms with Crippen LogP contribution in [0.2, 0.25) is 0 Å². The van der Waals surface area contributed by atoms with Crippen molar-refractivity contribution < 1.29 is 4.79 Å². The van der Waals surface area contributed by atoms with Crippen molar-refractivity contribution in [2.45, 2.75) is 39.0 Å². The maximum absolute atomic E-state index is 10.6. The van der Waals surface area contributed by atoms with Crippen LogP contribution < -0.4 is 5.73 Å². The van der Waals surface area contributed by atoms with Crippen LogP contribution in [0.25, 0.3) is 0 Å². The molecule has 0 aliphatic rings. The third kappa shape index (κ3) is 9.09. The highest BCUT2D eigenvalue weighted by Crippen LogP contribution is 2.03. The van der Waals surface area contributed by atoms with Gasteiger partial charge < -0.3 is 10.5 Å². The highest BCUT2D eigenvalue weighted by atomic mass is 16.1. The van der Waals surface area contributed by atoms with Gasteiger partial charge in [-0.15, -0.1) is 0 Å². The minimum Gasteiger partial charge on any atom is -0.330 e. The van der Waals surface area contributed by atoms with E-state index in [4.69, 9.17) is 5.73 Å². The van der Waals surface area contributed by atoms with Crippen LogP contribution in [0.5, 0.6) is 0 Å². The molecule has 2 N–H and O–H groups in total. The van der Waals surface area contributed by atoms with Crippen LogP contribution in [0.15, 0.2) is 60.7 Å². The molecule has 0 radical (unpaired) electrons. The molecule has 2 nitrogen and oxygen atoms in total. The van der Waals surface area contributed by atoms with Crippen molar-refractivity contribution in [3.05, 3.63) is 71.8 Å². The molecule has 0 heterocycles. The van der Waals surface area contributed by atoms with E-state index in [1.807, 2.05) is 36.4 Å². The first kappa shape index (κ1) is 18.1. The number of ketones is 1. The van der Waals surface area contributed by atoms with Crippen molar-refractivity contribution in [1.82, 2.24) is 0 Å². The van der Waals surface area contributed by atoms with Gasteiger partial charge in [0.25, 0.3) is 0 Å². The Morgan fingerprint density at radius 3 is 1.77 bits per heavy atom. The van der Waals surface area contributed by atoms with Crippen LogP contribution >= 0.6 is 0 Å². The Morgan fingerprint density at radius 1 is 0.818 bits per heavy atom. The summed E-state index contributed by atoms with van der Waals surface area (Å²) >= 11 is 0. The lowest BCUT2D eigenvalue weighted by molar-refractivity contribution is -0.116. The molecule has 0 bridgehead atoms. The number of unbranched alkanes of at least 4 members (excludes halogenated alkanes) is 1. The maximum Gasteiger partial charge on any atom is 0.130 e. The Balaban J connectivity index is 0.000000220. The molecule has 0 aliphatic carbocycles. The second-order valence-electron chi connectivity index (χ2n) is 5.42. The molecule has 0 fully saturated rings. The number of nitrogens with two attached hydrogens (primary N) is 1. The normalized spacial score (nSPS) is 9.73. The average Bonchev–Trinajstić information content (AvgIpc) is 2.56. The molecule has 2 aromatic rings. The van der Waals surface area contributed by atoms with Gasteiger partial charge in [-0.3, -0.25) is 0 Å².